The summed E-state index contributed by atoms with van der Waals surface area (Å²) in [4.78, 5) is 49.3. The van der Waals surface area contributed by atoms with Gasteiger partial charge in [-0.15, -0.1) is 11.8 Å². The van der Waals surface area contributed by atoms with Crippen molar-refractivity contribution in [2.24, 2.45) is 0 Å². The van der Waals surface area contributed by atoms with Crippen LogP contribution >= 0.6 is 11.8 Å². The number of thioether (sulfide) groups is 1. The fourth-order valence-corrected chi connectivity index (χ4v) is 3.52. The number of hydrogen-bond acceptors (Lipinski definition) is 6. The van der Waals surface area contributed by atoms with Crippen LogP contribution in [0.15, 0.2) is 48.5 Å². The molecule has 0 saturated heterocycles. The van der Waals surface area contributed by atoms with Gasteiger partial charge in [0.1, 0.15) is 5.82 Å². The van der Waals surface area contributed by atoms with E-state index in [4.69, 9.17) is 4.84 Å². The second-order valence-electron chi connectivity index (χ2n) is 6.01. The molecule has 1 unspecified atom stereocenters. The number of hydroxylamine groups is 2. The van der Waals surface area contributed by atoms with E-state index in [-0.39, 0.29) is 22.1 Å². The van der Waals surface area contributed by atoms with Gasteiger partial charge in [0.15, 0.2) is 0 Å². The van der Waals surface area contributed by atoms with Crippen molar-refractivity contribution in [1.82, 2.24) is 15.0 Å². The van der Waals surface area contributed by atoms with E-state index in [1.54, 1.807) is 12.1 Å². The summed E-state index contributed by atoms with van der Waals surface area (Å²) < 4.78 is 0. The number of nitrogens with one attached hydrogen (secondary N) is 1. The molecule has 2 heterocycles. The second kappa shape index (κ2) is 6.88. The number of nitrogens with zero attached hydrogens (tertiary/aromatic N) is 2. The zero-order valence-corrected chi connectivity index (χ0v) is 15.2. The van der Waals surface area contributed by atoms with Crippen molar-refractivity contribution >= 4 is 40.6 Å². The molecule has 3 aromatic rings. The van der Waals surface area contributed by atoms with Gasteiger partial charge in [0.2, 0.25) is 0 Å². The fourth-order valence-electron chi connectivity index (χ4n) is 2.82. The highest BCUT2D eigenvalue weighted by Gasteiger charge is 2.38. The number of rotatable bonds is 5. The van der Waals surface area contributed by atoms with Crippen molar-refractivity contribution in [1.29, 1.82) is 0 Å². The summed E-state index contributed by atoms with van der Waals surface area (Å²) in [6.07, 6.45) is 0. The Morgan fingerprint density at radius 2 is 1.74 bits per heavy atom. The Labute approximate surface area is 158 Å². The van der Waals surface area contributed by atoms with Crippen LogP contribution in [0.4, 0.5) is 0 Å². The summed E-state index contributed by atoms with van der Waals surface area (Å²) in [6.45, 7) is 1.91. The van der Waals surface area contributed by atoms with Crippen LogP contribution < -0.4 is 0 Å². The van der Waals surface area contributed by atoms with E-state index in [1.165, 1.54) is 23.9 Å². The van der Waals surface area contributed by atoms with Gasteiger partial charge in [-0.05, 0) is 31.2 Å². The summed E-state index contributed by atoms with van der Waals surface area (Å²) in [5.41, 5.74) is 2.25. The first-order valence-corrected chi connectivity index (χ1v) is 9.34. The van der Waals surface area contributed by atoms with E-state index in [0.29, 0.717) is 5.06 Å². The average Bonchev–Trinajstić information content (AvgIpc) is 3.22. The Bertz CT molecular complexity index is 994. The number of H-pyrrole nitrogens is 1. The SMILES string of the molecule is CC(SCC(=O)ON1C(=O)c2ccccc2C1=O)c1nc2ccccc2[nH]1. The van der Waals surface area contributed by atoms with E-state index in [1.807, 2.05) is 31.2 Å². The number of imidazole rings is 1. The van der Waals surface area contributed by atoms with E-state index in [2.05, 4.69) is 9.97 Å². The van der Waals surface area contributed by atoms with Crippen molar-refractivity contribution in [3.8, 4) is 0 Å². The first kappa shape index (κ1) is 17.3. The number of aromatic amines is 1. The molecule has 1 N–H and O–H groups in total. The fraction of sp³-hybridized carbons (Fsp3) is 0.158. The number of aromatic nitrogens is 2. The first-order chi connectivity index (χ1) is 13.0. The van der Waals surface area contributed by atoms with Crippen LogP contribution in [0.5, 0.6) is 0 Å². The van der Waals surface area contributed by atoms with Crippen molar-refractivity contribution in [3.05, 3.63) is 65.5 Å². The van der Waals surface area contributed by atoms with Crippen LogP contribution in [0.25, 0.3) is 11.0 Å². The molecule has 4 rings (SSSR count). The van der Waals surface area contributed by atoms with E-state index in [9.17, 15) is 14.4 Å². The number of carbonyl (C=O) groups is 3. The van der Waals surface area contributed by atoms with Gasteiger partial charge in [0.25, 0.3) is 11.8 Å². The molecule has 0 spiro atoms. The number of para-hydroxylation sites is 2. The number of hydrogen-bond donors (Lipinski definition) is 1. The van der Waals surface area contributed by atoms with E-state index < -0.39 is 17.8 Å². The van der Waals surface area contributed by atoms with Crippen LogP contribution in [0.2, 0.25) is 0 Å². The third-order valence-electron chi connectivity index (χ3n) is 4.19. The normalized spacial score (nSPS) is 14.5. The largest absolute Gasteiger partial charge is 0.343 e. The molecule has 0 saturated carbocycles. The van der Waals surface area contributed by atoms with Gasteiger partial charge < -0.3 is 9.82 Å². The van der Waals surface area contributed by atoms with Crippen LogP contribution in [0.1, 0.15) is 38.7 Å². The number of fused-ring (bicyclic) bond motifs is 2. The molecule has 2 amide bonds. The molecule has 0 fully saturated rings. The van der Waals surface area contributed by atoms with Gasteiger partial charge in [-0.3, -0.25) is 9.59 Å². The molecule has 0 bridgehead atoms. The van der Waals surface area contributed by atoms with Crippen LogP contribution in [0, 0.1) is 0 Å². The lowest BCUT2D eigenvalue weighted by Gasteiger charge is -2.13. The van der Waals surface area contributed by atoms with Crippen LogP contribution in [-0.2, 0) is 9.63 Å². The number of imide groups is 1. The van der Waals surface area contributed by atoms with Crippen molar-refractivity contribution in [2.75, 3.05) is 5.75 Å². The van der Waals surface area contributed by atoms with Crippen molar-refractivity contribution < 1.29 is 19.2 Å². The third-order valence-corrected chi connectivity index (χ3v) is 5.32. The second-order valence-corrected chi connectivity index (χ2v) is 7.34. The smallest absolute Gasteiger partial charge is 0.341 e. The van der Waals surface area contributed by atoms with Crippen LogP contribution in [0.3, 0.4) is 0 Å². The predicted molar refractivity (Wildman–Crippen MR) is 100 cm³/mol. The molecule has 136 valence electrons. The Balaban J connectivity index is 1.37. The molecule has 7 nitrogen and oxygen atoms in total. The lowest BCUT2D eigenvalue weighted by molar-refractivity contribution is -0.165. The van der Waals surface area contributed by atoms with Gasteiger partial charge in [-0.2, -0.15) is 0 Å². The number of benzene rings is 2. The third kappa shape index (κ3) is 3.19. The Kier molecular flexibility index (Phi) is 4.41. The maximum atomic E-state index is 12.2. The Hall–Kier alpha value is -3.13. The van der Waals surface area contributed by atoms with Crippen molar-refractivity contribution in [2.45, 2.75) is 12.2 Å². The predicted octanol–water partition coefficient (Wildman–Crippen LogP) is 3.11. The molecule has 1 aliphatic heterocycles. The molecule has 1 atom stereocenters. The molecule has 0 radical (unpaired) electrons. The molecule has 27 heavy (non-hydrogen) atoms. The van der Waals surface area contributed by atoms with Crippen LogP contribution in [-0.4, -0.2) is 38.6 Å². The number of carbonyl (C=O) groups excluding carboxylic acids is 3. The van der Waals surface area contributed by atoms with Gasteiger partial charge in [-0.25, -0.2) is 9.78 Å². The summed E-state index contributed by atoms with van der Waals surface area (Å²) in [5, 5.41) is 0.437. The van der Waals surface area contributed by atoms with Gasteiger partial charge >= 0.3 is 5.97 Å². The van der Waals surface area contributed by atoms with E-state index in [0.717, 1.165) is 16.9 Å². The molecule has 2 aromatic carbocycles. The highest BCUT2D eigenvalue weighted by atomic mass is 32.2. The summed E-state index contributed by atoms with van der Waals surface area (Å²) >= 11 is 1.30. The van der Waals surface area contributed by atoms with E-state index >= 15 is 0 Å². The summed E-state index contributed by atoms with van der Waals surface area (Å²) in [5.74, 6) is -1.20. The molecular formula is C19H15N3O4S. The topological polar surface area (TPSA) is 92.4 Å². The lowest BCUT2D eigenvalue weighted by atomic mass is 10.1. The average molecular weight is 381 g/mol. The maximum absolute atomic E-state index is 12.2. The minimum atomic E-state index is -0.669. The molecule has 8 heteroatoms. The van der Waals surface area contributed by atoms with Gasteiger partial charge in [0.05, 0.1) is 33.2 Å². The minimum absolute atomic E-state index is 0.0222. The minimum Gasteiger partial charge on any atom is -0.341 e. The monoisotopic (exact) mass is 381 g/mol. The van der Waals surface area contributed by atoms with Gasteiger partial charge in [0, 0.05) is 0 Å². The number of amides is 2. The molecule has 0 aliphatic carbocycles. The first-order valence-electron chi connectivity index (χ1n) is 8.29. The maximum Gasteiger partial charge on any atom is 0.343 e. The zero-order chi connectivity index (χ0) is 19.0. The standard InChI is InChI=1S/C19H15N3O4S/c1-11(17-20-14-8-4-5-9-15(14)21-17)27-10-16(23)26-22-18(24)12-6-2-3-7-13(12)19(22)25/h2-9,11H,10H2,1H3,(H,20,21). The Morgan fingerprint density at radius 3 is 2.41 bits per heavy atom. The molecule has 1 aromatic heterocycles. The molecule has 1 aliphatic rings. The molecular weight excluding hydrogens is 366 g/mol. The Morgan fingerprint density at radius 1 is 1.11 bits per heavy atom. The quantitative estimate of drug-likeness (QED) is 0.683. The van der Waals surface area contributed by atoms with Gasteiger partial charge in [-0.1, -0.05) is 29.3 Å². The lowest BCUT2D eigenvalue weighted by Crippen LogP contribution is -2.33. The zero-order valence-electron chi connectivity index (χ0n) is 14.3. The summed E-state index contributed by atoms with van der Waals surface area (Å²) in [7, 11) is 0. The van der Waals surface area contributed by atoms with Crippen molar-refractivity contribution in [3.63, 3.8) is 0 Å². The highest BCUT2D eigenvalue weighted by molar-refractivity contribution is 8.00. The summed E-state index contributed by atoms with van der Waals surface area (Å²) in [6, 6.07) is 14.0. The highest BCUT2D eigenvalue weighted by Crippen LogP contribution is 2.28.